The highest BCUT2D eigenvalue weighted by Crippen LogP contribution is 2.37. The molecule has 0 spiro atoms. The maximum atomic E-state index is 13.4. The number of benzene rings is 1. The van der Waals surface area contributed by atoms with Crippen LogP contribution in [0.25, 0.3) is 16.6 Å². The van der Waals surface area contributed by atoms with Gasteiger partial charge in [-0.2, -0.15) is 0 Å². The van der Waals surface area contributed by atoms with Crippen LogP contribution in [0.3, 0.4) is 0 Å². The second-order valence-electron chi connectivity index (χ2n) is 7.03. The van der Waals surface area contributed by atoms with Gasteiger partial charge in [-0.25, -0.2) is 0 Å². The van der Waals surface area contributed by atoms with Gasteiger partial charge in [0, 0.05) is 29.7 Å². The Morgan fingerprint density at radius 1 is 1.04 bits per heavy atom. The number of pyridine rings is 2. The molecule has 0 unspecified atom stereocenters. The highest BCUT2D eigenvalue weighted by molar-refractivity contribution is 5.80. The maximum Gasteiger partial charge on any atom is 0.268 e. The Bertz CT molecular complexity index is 1090. The second-order valence-corrected chi connectivity index (χ2v) is 7.03. The van der Waals surface area contributed by atoms with Crippen molar-refractivity contribution in [2.75, 3.05) is 0 Å². The normalized spacial score (nSPS) is 14.7. The second kappa shape index (κ2) is 5.73. The first-order chi connectivity index (χ1) is 12.0. The largest absolute Gasteiger partial charge is 0.347 e. The van der Waals surface area contributed by atoms with Gasteiger partial charge in [-0.1, -0.05) is 24.6 Å². The molecule has 25 heavy (non-hydrogen) atoms. The minimum Gasteiger partial charge on any atom is -0.347 e. The van der Waals surface area contributed by atoms with Crippen molar-refractivity contribution < 1.29 is 0 Å². The molecule has 0 bridgehead atoms. The lowest BCUT2D eigenvalue weighted by atomic mass is 9.82. The van der Waals surface area contributed by atoms with E-state index in [0.29, 0.717) is 11.5 Å². The minimum atomic E-state index is -0.200. The molecule has 0 radical (unpaired) electrons. The maximum absolute atomic E-state index is 13.4. The highest BCUT2D eigenvalue weighted by atomic mass is 16.1. The van der Waals surface area contributed by atoms with E-state index in [1.807, 2.05) is 48.9 Å². The molecular formula is C21H22N2O2. The predicted octanol–water partition coefficient (Wildman–Crippen LogP) is 3.57. The summed E-state index contributed by atoms with van der Waals surface area (Å²) in [5.74, 6) is 0.383. The zero-order chi connectivity index (χ0) is 17.7. The molecule has 0 atom stereocenters. The van der Waals surface area contributed by atoms with Crippen LogP contribution in [-0.2, 0) is 7.05 Å². The van der Waals surface area contributed by atoms with Gasteiger partial charge in [0.2, 0.25) is 0 Å². The summed E-state index contributed by atoms with van der Waals surface area (Å²) in [7, 11) is 1.93. The fourth-order valence-electron chi connectivity index (χ4n) is 3.73. The molecule has 0 amide bonds. The van der Waals surface area contributed by atoms with Gasteiger partial charge in [-0.3, -0.25) is 14.2 Å². The number of fused-ring (bicyclic) bond motifs is 1. The molecule has 4 rings (SSSR count). The third kappa shape index (κ3) is 2.28. The molecule has 0 N–H and O–H groups in total. The van der Waals surface area contributed by atoms with E-state index in [2.05, 4.69) is 6.07 Å². The van der Waals surface area contributed by atoms with Crippen LogP contribution in [-0.4, -0.2) is 9.13 Å². The Balaban J connectivity index is 2.19. The first-order valence-corrected chi connectivity index (χ1v) is 8.82. The van der Waals surface area contributed by atoms with E-state index in [1.165, 1.54) is 6.42 Å². The van der Waals surface area contributed by atoms with Crippen molar-refractivity contribution in [3.63, 3.8) is 0 Å². The lowest BCUT2D eigenvalue weighted by Crippen LogP contribution is -2.31. The van der Waals surface area contributed by atoms with Crippen LogP contribution in [0.15, 0.2) is 46.0 Å². The van der Waals surface area contributed by atoms with Crippen molar-refractivity contribution >= 4 is 10.9 Å². The smallest absolute Gasteiger partial charge is 0.268 e. The number of nitrogens with zero attached hydrogens (tertiary/aromatic N) is 2. The van der Waals surface area contributed by atoms with E-state index >= 15 is 0 Å². The summed E-state index contributed by atoms with van der Waals surface area (Å²) in [5, 5.41) is 0.289. The molecule has 1 saturated carbocycles. The summed E-state index contributed by atoms with van der Waals surface area (Å²) in [6.07, 6.45) is 3.38. The number of aryl methyl sites for hydroxylation is 1. The lowest BCUT2D eigenvalue weighted by Gasteiger charge is -2.29. The monoisotopic (exact) mass is 334 g/mol. The SMILES string of the molecule is Cc1c(C)n(C)c2cc(C3CCC3)n(-c3ccccc3)c(=O)c2c1=O. The molecule has 0 saturated heterocycles. The van der Waals surface area contributed by atoms with Crippen LogP contribution in [0, 0.1) is 13.8 Å². The molecule has 2 heterocycles. The van der Waals surface area contributed by atoms with Gasteiger partial charge in [-0.15, -0.1) is 0 Å². The van der Waals surface area contributed by atoms with Crippen molar-refractivity contribution in [2.24, 2.45) is 7.05 Å². The fraction of sp³-hybridized carbons (Fsp3) is 0.333. The van der Waals surface area contributed by atoms with Gasteiger partial charge in [0.05, 0.1) is 5.52 Å². The Morgan fingerprint density at radius 3 is 2.32 bits per heavy atom. The number of rotatable bonds is 2. The number of para-hydroxylation sites is 1. The van der Waals surface area contributed by atoms with Crippen LogP contribution >= 0.6 is 0 Å². The average molecular weight is 334 g/mol. The number of hydrogen-bond acceptors (Lipinski definition) is 2. The standard InChI is InChI=1S/C21H22N2O2/c1-13-14(2)22(3)18-12-17(15-8-7-9-15)23(16-10-5-4-6-11-16)21(25)19(18)20(13)24/h4-6,10-12,15H,7-9H2,1-3H3. The highest BCUT2D eigenvalue weighted by Gasteiger charge is 2.26. The third-order valence-corrected chi connectivity index (χ3v) is 5.73. The topological polar surface area (TPSA) is 44.0 Å². The summed E-state index contributed by atoms with van der Waals surface area (Å²) < 4.78 is 3.73. The fourth-order valence-corrected chi connectivity index (χ4v) is 3.73. The van der Waals surface area contributed by atoms with Crippen molar-refractivity contribution in [1.29, 1.82) is 0 Å². The summed E-state index contributed by atoms with van der Waals surface area (Å²) in [4.78, 5) is 26.2. The van der Waals surface area contributed by atoms with Gasteiger partial charge in [0.1, 0.15) is 5.39 Å². The molecule has 1 aliphatic carbocycles. The molecule has 4 heteroatoms. The van der Waals surface area contributed by atoms with Crippen molar-refractivity contribution in [3.05, 3.63) is 73.9 Å². The Morgan fingerprint density at radius 2 is 1.72 bits per heavy atom. The molecule has 4 nitrogen and oxygen atoms in total. The van der Waals surface area contributed by atoms with E-state index < -0.39 is 0 Å². The van der Waals surface area contributed by atoms with Gasteiger partial charge in [-0.05, 0) is 50.8 Å². The summed E-state index contributed by atoms with van der Waals surface area (Å²) >= 11 is 0. The third-order valence-electron chi connectivity index (χ3n) is 5.73. The molecule has 2 aromatic heterocycles. The van der Waals surface area contributed by atoms with Gasteiger partial charge in [0.15, 0.2) is 5.43 Å². The van der Waals surface area contributed by atoms with Gasteiger partial charge < -0.3 is 4.57 Å². The zero-order valence-electron chi connectivity index (χ0n) is 14.9. The Kier molecular flexibility index (Phi) is 3.64. The van der Waals surface area contributed by atoms with Crippen molar-refractivity contribution in [2.45, 2.75) is 39.0 Å². The average Bonchev–Trinajstić information content (AvgIpc) is 2.57. The van der Waals surface area contributed by atoms with Crippen LogP contribution in [0.4, 0.5) is 0 Å². The Labute approximate surface area is 146 Å². The molecule has 128 valence electrons. The number of hydrogen-bond donors (Lipinski definition) is 0. The van der Waals surface area contributed by atoms with Crippen molar-refractivity contribution in [3.8, 4) is 5.69 Å². The minimum absolute atomic E-state index is 0.152. The predicted molar refractivity (Wildman–Crippen MR) is 101 cm³/mol. The van der Waals surface area contributed by atoms with E-state index in [4.69, 9.17) is 0 Å². The molecule has 1 aromatic carbocycles. The number of aromatic nitrogens is 2. The van der Waals surface area contributed by atoms with Crippen LogP contribution in [0.2, 0.25) is 0 Å². The summed E-state index contributed by atoms with van der Waals surface area (Å²) in [6, 6.07) is 11.7. The van der Waals surface area contributed by atoms with Crippen molar-refractivity contribution in [1.82, 2.24) is 9.13 Å². The molecule has 1 aliphatic rings. The molecular weight excluding hydrogens is 312 g/mol. The van der Waals surface area contributed by atoms with E-state index in [9.17, 15) is 9.59 Å². The van der Waals surface area contributed by atoms with Crippen LogP contribution < -0.4 is 11.0 Å². The van der Waals surface area contributed by atoms with Crippen LogP contribution in [0.1, 0.15) is 42.1 Å². The van der Waals surface area contributed by atoms with E-state index in [-0.39, 0.29) is 16.4 Å². The molecule has 0 aliphatic heterocycles. The summed E-state index contributed by atoms with van der Waals surface area (Å²) in [5.41, 5.74) is 3.80. The van der Waals surface area contributed by atoms with Gasteiger partial charge in [0.25, 0.3) is 5.56 Å². The van der Waals surface area contributed by atoms with Crippen LogP contribution in [0.5, 0.6) is 0 Å². The van der Waals surface area contributed by atoms with Gasteiger partial charge >= 0.3 is 0 Å². The summed E-state index contributed by atoms with van der Waals surface area (Å²) in [6.45, 7) is 3.73. The van der Waals surface area contributed by atoms with E-state index in [0.717, 1.165) is 35.4 Å². The Hall–Kier alpha value is -2.62. The quantitative estimate of drug-likeness (QED) is 0.719. The first-order valence-electron chi connectivity index (χ1n) is 8.82. The van der Waals surface area contributed by atoms with E-state index in [1.54, 1.807) is 11.5 Å². The molecule has 3 aromatic rings. The lowest BCUT2D eigenvalue weighted by molar-refractivity contribution is 0.404. The first kappa shape index (κ1) is 15.9. The zero-order valence-corrected chi connectivity index (χ0v) is 14.9. The molecule has 1 fully saturated rings.